The number of carboxylic acid groups (broad SMARTS) is 1. The topological polar surface area (TPSA) is 116 Å². The van der Waals surface area contributed by atoms with Gasteiger partial charge < -0.3 is 20.2 Å². The van der Waals surface area contributed by atoms with E-state index in [1.54, 1.807) is 6.92 Å². The van der Waals surface area contributed by atoms with Gasteiger partial charge in [0.1, 0.15) is 0 Å². The van der Waals surface area contributed by atoms with Crippen molar-refractivity contribution in [2.24, 2.45) is 0 Å². The Labute approximate surface area is 210 Å². The molecule has 1 saturated heterocycles. The van der Waals surface area contributed by atoms with Crippen molar-refractivity contribution in [1.29, 1.82) is 0 Å². The molecule has 0 radical (unpaired) electrons. The van der Waals surface area contributed by atoms with Crippen LogP contribution in [0.4, 0.5) is 19.0 Å². The molecule has 37 heavy (non-hydrogen) atoms. The van der Waals surface area contributed by atoms with Crippen molar-refractivity contribution >= 4 is 34.4 Å². The number of nitrogens with one attached hydrogen (secondary N) is 1. The molecule has 0 saturated carbocycles. The van der Waals surface area contributed by atoms with Crippen LogP contribution in [0.25, 0.3) is 10.8 Å². The average molecular weight is 518 g/mol. The third-order valence-electron chi connectivity index (χ3n) is 5.77. The molecular weight excluding hydrogens is 491 g/mol. The van der Waals surface area contributed by atoms with Crippen LogP contribution in [0.3, 0.4) is 0 Å². The summed E-state index contributed by atoms with van der Waals surface area (Å²) in [6.07, 6.45) is -5.08. The number of aryl methyl sites for hydroxylation is 1. The van der Waals surface area contributed by atoms with E-state index in [9.17, 15) is 22.8 Å². The first-order valence-electron chi connectivity index (χ1n) is 11.4. The molecule has 2 amide bonds. The van der Waals surface area contributed by atoms with Gasteiger partial charge in [-0.1, -0.05) is 30.3 Å². The first-order chi connectivity index (χ1) is 17.5. The smallest absolute Gasteiger partial charge is 0.475 e. The average Bonchev–Trinajstić information content (AvgIpc) is 2.88. The Morgan fingerprint density at radius 2 is 1.59 bits per heavy atom. The summed E-state index contributed by atoms with van der Waals surface area (Å²) in [6.45, 7) is 6.76. The van der Waals surface area contributed by atoms with Crippen LogP contribution in [-0.4, -0.2) is 70.3 Å². The summed E-state index contributed by atoms with van der Waals surface area (Å²) in [4.78, 5) is 37.1. The van der Waals surface area contributed by atoms with Crippen molar-refractivity contribution < 1.29 is 32.7 Å². The minimum absolute atomic E-state index is 0.0978. The lowest BCUT2D eigenvalue weighted by Crippen LogP contribution is -2.48. The fraction of sp³-hybridized carbons (Fsp3) is 0.320. The molecule has 3 aromatic rings. The van der Waals surface area contributed by atoms with Crippen molar-refractivity contribution in [3.05, 3.63) is 65.4 Å². The minimum atomic E-state index is -5.08. The monoisotopic (exact) mass is 517 g/mol. The molecule has 2 N–H and O–H groups in total. The van der Waals surface area contributed by atoms with Gasteiger partial charge in [0.2, 0.25) is 5.91 Å². The molecule has 1 aliphatic heterocycles. The van der Waals surface area contributed by atoms with E-state index in [-0.39, 0.29) is 11.8 Å². The van der Waals surface area contributed by atoms with Gasteiger partial charge in [0, 0.05) is 56.0 Å². The van der Waals surface area contributed by atoms with Gasteiger partial charge >= 0.3 is 12.1 Å². The Bertz CT molecular complexity index is 1280. The summed E-state index contributed by atoms with van der Waals surface area (Å²) in [5.41, 5.74) is 2.44. The number of nitrogens with zero attached hydrogens (tertiary/aromatic N) is 4. The van der Waals surface area contributed by atoms with Crippen LogP contribution in [0.1, 0.15) is 28.5 Å². The number of anilines is 1. The number of carboxylic acids is 1. The van der Waals surface area contributed by atoms with Crippen molar-refractivity contribution in [3.8, 4) is 0 Å². The molecule has 4 rings (SSSR count). The molecule has 0 aliphatic carbocycles. The van der Waals surface area contributed by atoms with Gasteiger partial charge in [-0.3, -0.25) is 9.59 Å². The van der Waals surface area contributed by atoms with Crippen LogP contribution in [0.15, 0.2) is 48.5 Å². The molecule has 12 heteroatoms. The standard InChI is InChI=1S/C23H25N5O2.C2HF3O2/c1-16-21-14-19(23(30)24-15-18-6-4-3-5-7-18)8-9-20(21)22(26-25-16)28-12-10-27(11-13-28)17(2)29;3-2(4,5)1(6)7/h3-9,14H,10-13,15H2,1-2H3,(H,24,30);(H,6,7). The van der Waals surface area contributed by atoms with E-state index in [0.717, 1.165) is 27.8 Å². The van der Waals surface area contributed by atoms with Crippen LogP contribution in [0, 0.1) is 6.92 Å². The number of hydrogen-bond donors (Lipinski definition) is 2. The van der Waals surface area contributed by atoms with Gasteiger partial charge in [0.15, 0.2) is 5.82 Å². The van der Waals surface area contributed by atoms with Gasteiger partial charge in [-0.2, -0.15) is 18.3 Å². The summed E-state index contributed by atoms with van der Waals surface area (Å²) in [5.74, 6) is -1.98. The number of hydrogen-bond acceptors (Lipinski definition) is 6. The lowest BCUT2D eigenvalue weighted by Gasteiger charge is -2.35. The zero-order chi connectivity index (χ0) is 27.2. The fourth-order valence-electron chi connectivity index (χ4n) is 3.76. The molecule has 1 aliphatic rings. The van der Waals surface area contributed by atoms with Crippen LogP contribution < -0.4 is 10.2 Å². The zero-order valence-electron chi connectivity index (χ0n) is 20.2. The number of alkyl halides is 3. The number of carbonyl (C=O) groups excluding carboxylic acids is 2. The second kappa shape index (κ2) is 11.7. The highest BCUT2D eigenvalue weighted by Gasteiger charge is 2.38. The normalized spacial score (nSPS) is 13.5. The van der Waals surface area contributed by atoms with E-state index in [4.69, 9.17) is 9.90 Å². The van der Waals surface area contributed by atoms with Crippen LogP contribution in [-0.2, 0) is 16.1 Å². The maximum atomic E-state index is 12.7. The Hall–Kier alpha value is -4.22. The van der Waals surface area contributed by atoms with E-state index < -0.39 is 12.1 Å². The van der Waals surface area contributed by atoms with Crippen molar-refractivity contribution in [1.82, 2.24) is 20.4 Å². The second-order valence-corrected chi connectivity index (χ2v) is 8.33. The first kappa shape index (κ1) is 27.4. The lowest BCUT2D eigenvalue weighted by molar-refractivity contribution is -0.192. The Morgan fingerprint density at radius 3 is 2.16 bits per heavy atom. The summed E-state index contributed by atoms with van der Waals surface area (Å²) >= 11 is 0. The van der Waals surface area contributed by atoms with E-state index in [1.165, 1.54) is 0 Å². The van der Waals surface area contributed by atoms with Gasteiger partial charge in [-0.25, -0.2) is 4.79 Å². The van der Waals surface area contributed by atoms with Crippen molar-refractivity contribution in [2.75, 3.05) is 31.1 Å². The third kappa shape index (κ3) is 7.15. The number of rotatable bonds is 4. The number of benzene rings is 2. The summed E-state index contributed by atoms with van der Waals surface area (Å²) in [7, 11) is 0. The quantitative estimate of drug-likeness (QED) is 0.546. The van der Waals surface area contributed by atoms with Crippen molar-refractivity contribution in [3.63, 3.8) is 0 Å². The number of halogens is 3. The van der Waals surface area contributed by atoms with Gasteiger partial charge in [0.25, 0.3) is 5.91 Å². The molecular formula is C25H26F3N5O4. The molecule has 2 aromatic carbocycles. The van der Waals surface area contributed by atoms with Gasteiger partial charge in [-0.15, -0.1) is 5.10 Å². The molecule has 0 atom stereocenters. The number of aromatic nitrogens is 2. The maximum absolute atomic E-state index is 12.7. The number of fused-ring (bicyclic) bond motifs is 1. The minimum Gasteiger partial charge on any atom is -0.475 e. The van der Waals surface area contributed by atoms with Crippen LogP contribution in [0.5, 0.6) is 0 Å². The number of amides is 2. The number of carbonyl (C=O) groups is 3. The molecule has 1 aromatic heterocycles. The largest absolute Gasteiger partial charge is 0.490 e. The van der Waals surface area contributed by atoms with E-state index in [0.29, 0.717) is 38.3 Å². The highest BCUT2D eigenvalue weighted by Crippen LogP contribution is 2.27. The lowest BCUT2D eigenvalue weighted by atomic mass is 10.1. The summed E-state index contributed by atoms with van der Waals surface area (Å²) in [6, 6.07) is 15.5. The molecule has 0 bridgehead atoms. The Kier molecular flexibility index (Phi) is 8.64. The van der Waals surface area contributed by atoms with Crippen LogP contribution >= 0.6 is 0 Å². The summed E-state index contributed by atoms with van der Waals surface area (Å²) < 4.78 is 31.7. The Balaban J connectivity index is 0.000000479. The molecule has 1 fully saturated rings. The van der Waals surface area contributed by atoms with Gasteiger partial charge in [0.05, 0.1) is 5.69 Å². The number of piperazine rings is 1. The molecule has 9 nitrogen and oxygen atoms in total. The van der Waals surface area contributed by atoms with E-state index in [2.05, 4.69) is 20.4 Å². The van der Waals surface area contributed by atoms with E-state index >= 15 is 0 Å². The summed E-state index contributed by atoms with van der Waals surface area (Å²) in [5, 5.41) is 20.7. The maximum Gasteiger partial charge on any atom is 0.490 e. The predicted octanol–water partition coefficient (Wildman–Crippen LogP) is 3.17. The highest BCUT2D eigenvalue weighted by atomic mass is 19.4. The molecule has 0 unspecified atom stereocenters. The van der Waals surface area contributed by atoms with Gasteiger partial charge in [-0.05, 0) is 30.7 Å². The molecule has 0 spiro atoms. The molecule has 196 valence electrons. The fourth-order valence-corrected chi connectivity index (χ4v) is 3.76. The van der Waals surface area contributed by atoms with E-state index in [1.807, 2.05) is 60.4 Å². The van der Waals surface area contributed by atoms with Crippen molar-refractivity contribution in [2.45, 2.75) is 26.6 Å². The number of aliphatic carboxylic acids is 1. The molecule has 2 heterocycles. The predicted molar refractivity (Wildman–Crippen MR) is 130 cm³/mol. The van der Waals surface area contributed by atoms with Crippen LogP contribution in [0.2, 0.25) is 0 Å². The highest BCUT2D eigenvalue weighted by molar-refractivity contribution is 6.01. The Morgan fingerprint density at radius 1 is 0.973 bits per heavy atom. The second-order valence-electron chi connectivity index (χ2n) is 8.33. The zero-order valence-corrected chi connectivity index (χ0v) is 20.2. The SMILES string of the molecule is CC(=O)N1CCN(c2nnc(C)c3cc(C(=O)NCc4ccccc4)ccc23)CC1.O=C(O)C(F)(F)F. The third-order valence-corrected chi connectivity index (χ3v) is 5.77. The first-order valence-corrected chi connectivity index (χ1v) is 11.4.